The Labute approximate surface area is 64.5 Å². The molecule has 0 aliphatic rings. The van der Waals surface area contributed by atoms with Crippen molar-refractivity contribution in [2.75, 3.05) is 13.2 Å². The van der Waals surface area contributed by atoms with Crippen molar-refractivity contribution in [2.45, 2.75) is 19.8 Å². The Balaban J connectivity index is 3.03. The van der Waals surface area contributed by atoms with Crippen molar-refractivity contribution in [1.82, 2.24) is 0 Å². The number of esters is 1. The van der Waals surface area contributed by atoms with Gasteiger partial charge in [0.1, 0.15) is 0 Å². The van der Waals surface area contributed by atoms with E-state index in [9.17, 15) is 14.9 Å². The second kappa shape index (κ2) is 5.64. The Morgan fingerprint density at radius 2 is 2.18 bits per heavy atom. The predicted molar refractivity (Wildman–Crippen MR) is 37.7 cm³/mol. The lowest BCUT2D eigenvalue weighted by Gasteiger charge is -1.98. The Hall–Kier alpha value is -1.13. The van der Waals surface area contributed by atoms with Crippen molar-refractivity contribution >= 4 is 5.97 Å². The summed E-state index contributed by atoms with van der Waals surface area (Å²) in [6, 6.07) is 0. The molecule has 0 amide bonds. The molecule has 0 aromatic rings. The fraction of sp³-hybridized carbons (Fsp3) is 0.833. The van der Waals surface area contributed by atoms with E-state index in [1.807, 2.05) is 0 Å². The lowest BCUT2D eigenvalue weighted by atomic mass is 10.3. The summed E-state index contributed by atoms with van der Waals surface area (Å²) in [6.07, 6.45) is 1.01. The maximum Gasteiger partial charge on any atom is 0.302 e. The van der Waals surface area contributed by atoms with E-state index in [2.05, 4.69) is 4.74 Å². The molecular weight excluding hydrogens is 150 g/mol. The van der Waals surface area contributed by atoms with E-state index in [4.69, 9.17) is 0 Å². The molecule has 0 fully saturated rings. The van der Waals surface area contributed by atoms with Crippen molar-refractivity contribution in [1.29, 1.82) is 0 Å². The predicted octanol–water partition coefficient (Wildman–Crippen LogP) is 0.606. The molecule has 0 heterocycles. The fourth-order valence-electron chi connectivity index (χ4n) is 0.559. The monoisotopic (exact) mass is 161 g/mol. The van der Waals surface area contributed by atoms with Crippen LogP contribution in [0.3, 0.4) is 0 Å². The second-order valence-corrected chi connectivity index (χ2v) is 2.10. The number of ether oxygens (including phenoxy) is 1. The zero-order valence-corrected chi connectivity index (χ0v) is 6.41. The van der Waals surface area contributed by atoms with E-state index in [1.165, 1.54) is 6.92 Å². The van der Waals surface area contributed by atoms with Crippen LogP contribution in [0.4, 0.5) is 0 Å². The van der Waals surface area contributed by atoms with E-state index >= 15 is 0 Å². The minimum atomic E-state index is -0.381. The van der Waals surface area contributed by atoms with Gasteiger partial charge >= 0.3 is 5.97 Å². The van der Waals surface area contributed by atoms with E-state index < -0.39 is 0 Å². The molecule has 0 radical (unpaired) electrons. The SMILES string of the molecule is CC(=O)OCCCC[N+](=O)[O-]. The van der Waals surface area contributed by atoms with Gasteiger partial charge in [0.25, 0.3) is 0 Å². The number of hydrogen-bond acceptors (Lipinski definition) is 4. The van der Waals surface area contributed by atoms with E-state index in [0.717, 1.165) is 0 Å². The molecule has 0 aliphatic heterocycles. The van der Waals surface area contributed by atoms with Gasteiger partial charge in [0.15, 0.2) is 0 Å². The smallest absolute Gasteiger partial charge is 0.302 e. The molecule has 5 nitrogen and oxygen atoms in total. The van der Waals surface area contributed by atoms with Crippen molar-refractivity contribution in [3.8, 4) is 0 Å². The van der Waals surface area contributed by atoms with Crippen molar-refractivity contribution in [3.63, 3.8) is 0 Å². The first kappa shape index (κ1) is 9.87. The third-order valence-electron chi connectivity index (χ3n) is 1.04. The van der Waals surface area contributed by atoms with Crippen LogP contribution in [0.5, 0.6) is 0 Å². The molecule has 0 spiro atoms. The number of carbonyl (C=O) groups is 1. The van der Waals surface area contributed by atoms with Gasteiger partial charge in [0, 0.05) is 18.3 Å². The summed E-state index contributed by atoms with van der Waals surface area (Å²) in [6.45, 7) is 1.54. The molecule has 0 aliphatic carbocycles. The standard InChI is InChI=1S/C6H11NO4/c1-6(8)11-5-3-2-4-7(9)10/h2-5H2,1H3. The zero-order chi connectivity index (χ0) is 8.69. The molecule has 5 heteroatoms. The van der Waals surface area contributed by atoms with E-state index in [0.29, 0.717) is 12.8 Å². The molecule has 0 rings (SSSR count). The molecule has 0 unspecified atom stereocenters. The third kappa shape index (κ3) is 8.87. The summed E-state index contributed by atoms with van der Waals surface area (Å²) in [5.41, 5.74) is 0. The topological polar surface area (TPSA) is 69.4 Å². The molecule has 0 bridgehead atoms. The third-order valence-corrected chi connectivity index (χ3v) is 1.04. The minimum absolute atomic E-state index is 0.0543. The van der Waals surface area contributed by atoms with Crippen LogP contribution in [0.15, 0.2) is 0 Å². The molecule has 0 saturated carbocycles. The fourth-order valence-corrected chi connectivity index (χ4v) is 0.559. The van der Waals surface area contributed by atoms with E-state index in [1.54, 1.807) is 0 Å². The van der Waals surface area contributed by atoms with Gasteiger partial charge in [-0.05, 0) is 6.42 Å². The van der Waals surface area contributed by atoms with Gasteiger partial charge in [0.2, 0.25) is 6.54 Å². The largest absolute Gasteiger partial charge is 0.466 e. The maximum atomic E-state index is 10.2. The van der Waals surface area contributed by atoms with Gasteiger partial charge in [-0.15, -0.1) is 0 Å². The molecule has 0 aromatic carbocycles. The summed E-state index contributed by atoms with van der Waals surface area (Å²) >= 11 is 0. The highest BCUT2D eigenvalue weighted by Crippen LogP contribution is 1.90. The van der Waals surface area contributed by atoms with Crippen LogP contribution in [0, 0.1) is 10.1 Å². The number of hydrogen-bond donors (Lipinski definition) is 0. The van der Waals surface area contributed by atoms with Crippen LogP contribution >= 0.6 is 0 Å². The Kier molecular flexibility index (Phi) is 5.06. The number of rotatable bonds is 5. The van der Waals surface area contributed by atoms with Gasteiger partial charge in [-0.2, -0.15) is 0 Å². The van der Waals surface area contributed by atoms with Crippen LogP contribution in [-0.2, 0) is 9.53 Å². The average molecular weight is 161 g/mol. The van der Waals surface area contributed by atoms with Gasteiger partial charge in [0.05, 0.1) is 6.61 Å². The highest BCUT2D eigenvalue weighted by atomic mass is 16.6. The summed E-state index contributed by atoms with van der Waals surface area (Å²) < 4.78 is 4.56. The average Bonchev–Trinajstić information content (AvgIpc) is 1.85. The number of nitrogens with zero attached hydrogens (tertiary/aromatic N) is 1. The lowest BCUT2D eigenvalue weighted by molar-refractivity contribution is -0.480. The Morgan fingerprint density at radius 1 is 1.55 bits per heavy atom. The van der Waals surface area contributed by atoms with Gasteiger partial charge in [-0.25, -0.2) is 0 Å². The van der Waals surface area contributed by atoms with Crippen LogP contribution in [-0.4, -0.2) is 24.0 Å². The van der Waals surface area contributed by atoms with Crippen molar-refractivity contribution in [2.24, 2.45) is 0 Å². The number of nitro groups is 1. The summed E-state index contributed by atoms with van der Waals surface area (Å²) in [5.74, 6) is -0.342. The number of unbranched alkanes of at least 4 members (excludes halogenated alkanes) is 1. The summed E-state index contributed by atoms with van der Waals surface area (Å²) in [7, 11) is 0. The molecule has 11 heavy (non-hydrogen) atoms. The highest BCUT2D eigenvalue weighted by molar-refractivity contribution is 5.65. The van der Waals surface area contributed by atoms with Crippen LogP contribution in [0.1, 0.15) is 19.8 Å². The molecular formula is C6H11NO4. The quantitative estimate of drug-likeness (QED) is 0.256. The summed E-state index contributed by atoms with van der Waals surface area (Å²) in [5, 5.41) is 9.79. The Morgan fingerprint density at radius 3 is 2.64 bits per heavy atom. The molecule has 0 atom stereocenters. The normalized spacial score (nSPS) is 9.18. The first-order valence-electron chi connectivity index (χ1n) is 3.38. The van der Waals surface area contributed by atoms with Gasteiger partial charge in [-0.1, -0.05) is 0 Å². The summed E-state index contributed by atoms with van der Waals surface area (Å²) in [4.78, 5) is 19.6. The Bertz CT molecular complexity index is 130. The van der Waals surface area contributed by atoms with Crippen LogP contribution in [0.25, 0.3) is 0 Å². The van der Waals surface area contributed by atoms with Gasteiger partial charge in [-0.3, -0.25) is 14.9 Å². The minimum Gasteiger partial charge on any atom is -0.466 e. The first-order valence-corrected chi connectivity index (χ1v) is 3.38. The van der Waals surface area contributed by atoms with Crippen LogP contribution < -0.4 is 0 Å². The molecule has 0 saturated heterocycles. The van der Waals surface area contributed by atoms with E-state index in [-0.39, 0.29) is 24.0 Å². The lowest BCUT2D eigenvalue weighted by Crippen LogP contribution is -2.04. The molecule has 64 valence electrons. The first-order chi connectivity index (χ1) is 5.13. The van der Waals surface area contributed by atoms with Crippen molar-refractivity contribution in [3.05, 3.63) is 10.1 Å². The molecule has 0 N–H and O–H groups in total. The molecule has 0 aromatic heterocycles. The highest BCUT2D eigenvalue weighted by Gasteiger charge is 1.97. The van der Waals surface area contributed by atoms with Crippen LogP contribution in [0.2, 0.25) is 0 Å². The zero-order valence-electron chi connectivity index (χ0n) is 6.41. The second-order valence-electron chi connectivity index (χ2n) is 2.10. The number of carbonyl (C=O) groups excluding carboxylic acids is 1. The van der Waals surface area contributed by atoms with Gasteiger partial charge < -0.3 is 4.74 Å². The van der Waals surface area contributed by atoms with Crippen molar-refractivity contribution < 1.29 is 14.5 Å². The maximum absolute atomic E-state index is 10.2.